The molecule has 234 valence electrons. The molecule has 7 aromatic rings. The van der Waals surface area contributed by atoms with Gasteiger partial charge in [0.25, 0.3) is 0 Å². The second-order valence-electron chi connectivity index (χ2n) is 10.3. The number of nitrogen functional groups attached to an aromatic ring is 1. The van der Waals surface area contributed by atoms with Gasteiger partial charge in [-0.1, -0.05) is 40.9 Å². The molecule has 8 nitrogen and oxygen atoms in total. The molecule has 46 heavy (non-hydrogen) atoms. The number of fused-ring (bicyclic) bond motifs is 3. The molecular weight excluding hydrogens is 869 g/mol. The summed E-state index contributed by atoms with van der Waals surface area (Å²) in [5.41, 5.74) is 10.5. The van der Waals surface area contributed by atoms with Crippen LogP contribution in [0.3, 0.4) is 0 Å². The largest absolute Gasteiger partial charge is 0.647 e. The molecule has 0 atom stereocenters. The molecule has 7 rings (SSSR count). The minimum Gasteiger partial charge on any atom is -0.397 e. The number of phosphoric acid groups is 1. The van der Waals surface area contributed by atoms with Gasteiger partial charge in [-0.15, -0.1) is 0 Å². The number of nitrogens with one attached hydrogen (secondary N) is 2. The first-order chi connectivity index (χ1) is 21.9. The van der Waals surface area contributed by atoms with Crippen LogP contribution in [0.4, 0.5) is 5.69 Å². The first kappa shape index (κ1) is 31.8. The van der Waals surface area contributed by atoms with Crippen LogP contribution in [0.15, 0.2) is 86.6 Å². The highest BCUT2D eigenvalue weighted by Gasteiger charge is 2.37. The molecule has 4 N–H and O–H groups in total. The van der Waals surface area contributed by atoms with E-state index >= 15 is 4.57 Å². The second-order valence-corrected chi connectivity index (χ2v) is 15.4. The third kappa shape index (κ3) is 5.49. The highest BCUT2D eigenvalue weighted by Crippen LogP contribution is 2.56. The maximum Gasteiger partial charge on any atom is 0.647 e. The lowest BCUT2D eigenvalue weighted by atomic mass is 10.2. The van der Waals surface area contributed by atoms with Gasteiger partial charge in [-0.3, -0.25) is 0 Å². The minimum absolute atomic E-state index is 0.116. The number of nitrogens with two attached hydrogens (primary N) is 1. The summed E-state index contributed by atoms with van der Waals surface area (Å²) in [5.74, 6) is 0.385. The fourth-order valence-electron chi connectivity index (χ4n) is 5.17. The van der Waals surface area contributed by atoms with Crippen molar-refractivity contribution in [2.24, 2.45) is 0 Å². The molecule has 15 heteroatoms. The number of H-pyrrole nitrogens is 2. The average molecular weight is 889 g/mol. The molecule has 4 aromatic carbocycles. The van der Waals surface area contributed by atoms with Crippen molar-refractivity contribution in [3.8, 4) is 22.9 Å². The van der Waals surface area contributed by atoms with Gasteiger partial charge in [0.1, 0.15) is 0 Å². The van der Waals surface area contributed by atoms with E-state index in [9.17, 15) is 0 Å². The van der Waals surface area contributed by atoms with Crippen LogP contribution in [0.2, 0.25) is 15.1 Å². The Hall–Kier alpha value is -2.76. The van der Waals surface area contributed by atoms with E-state index in [0.717, 1.165) is 5.56 Å². The van der Waals surface area contributed by atoms with Crippen LogP contribution in [0.1, 0.15) is 5.56 Å². The van der Waals surface area contributed by atoms with E-state index < -0.39 is 7.82 Å². The summed E-state index contributed by atoms with van der Waals surface area (Å²) in [4.78, 5) is 6.18. The first-order valence-corrected chi connectivity index (χ1v) is 18.4. The molecule has 3 aromatic heterocycles. The molecule has 0 aliphatic rings. The molecular formula is C31H19Br3Cl3N4O4P. The SMILES string of the molecule is Cc1ccc(N)c(-n2cc(OP(=O)(Oc3c[nH]c4ccc(Br)c(Cl)c34)Oc3c[nH]c4ccc(Br)c(Cl)c34)c3c(Cl)c(Br)ccc32)c1. The van der Waals surface area contributed by atoms with E-state index in [4.69, 9.17) is 54.1 Å². The topological polar surface area (TPSA) is 107 Å². The Bertz CT molecular complexity index is 2320. The second kappa shape index (κ2) is 12.0. The van der Waals surface area contributed by atoms with Crippen LogP contribution in [0.5, 0.6) is 17.2 Å². The monoisotopic (exact) mass is 884 g/mol. The van der Waals surface area contributed by atoms with Gasteiger partial charge in [0, 0.05) is 25.8 Å². The third-order valence-corrected chi connectivity index (χ3v) is 12.4. The zero-order valence-electron chi connectivity index (χ0n) is 23.3. The molecule has 0 saturated heterocycles. The maximum absolute atomic E-state index is 15.0. The Kier molecular flexibility index (Phi) is 8.33. The number of nitrogens with zero attached hydrogens (tertiary/aromatic N) is 1. The molecule has 0 radical (unpaired) electrons. The van der Waals surface area contributed by atoms with E-state index in [1.807, 2.05) is 35.8 Å². The fourth-order valence-corrected chi connectivity index (χ4v) is 8.19. The van der Waals surface area contributed by atoms with Gasteiger partial charge in [-0.2, -0.15) is 4.57 Å². The van der Waals surface area contributed by atoms with Crippen molar-refractivity contribution in [2.45, 2.75) is 6.92 Å². The minimum atomic E-state index is -4.64. The lowest BCUT2D eigenvalue weighted by molar-refractivity contribution is 0.302. The molecule has 0 fully saturated rings. The lowest BCUT2D eigenvalue weighted by Crippen LogP contribution is -2.07. The number of anilines is 1. The normalized spacial score (nSPS) is 12.0. The summed E-state index contributed by atoms with van der Waals surface area (Å²) in [6.45, 7) is 1.96. The fraction of sp³-hybridized carbons (Fsp3) is 0.0323. The summed E-state index contributed by atoms with van der Waals surface area (Å²) in [6, 6.07) is 16.5. The lowest BCUT2D eigenvalue weighted by Gasteiger charge is -2.19. The molecule has 0 spiro atoms. The number of aryl methyl sites for hydroxylation is 1. The van der Waals surface area contributed by atoms with E-state index in [1.54, 1.807) is 36.5 Å². The van der Waals surface area contributed by atoms with Gasteiger partial charge in [-0.05, 0) is 109 Å². The van der Waals surface area contributed by atoms with E-state index in [-0.39, 0.29) is 17.2 Å². The van der Waals surface area contributed by atoms with Crippen molar-refractivity contribution in [3.63, 3.8) is 0 Å². The van der Waals surface area contributed by atoms with Gasteiger partial charge in [0.05, 0.1) is 65.3 Å². The van der Waals surface area contributed by atoms with Crippen molar-refractivity contribution >= 4 is 129 Å². The van der Waals surface area contributed by atoms with Crippen LogP contribution in [-0.2, 0) is 4.57 Å². The van der Waals surface area contributed by atoms with E-state index in [2.05, 4.69) is 57.8 Å². The molecule has 3 heterocycles. The van der Waals surface area contributed by atoms with Crippen LogP contribution in [0.25, 0.3) is 38.4 Å². The Labute approximate surface area is 302 Å². The van der Waals surface area contributed by atoms with Crippen LogP contribution < -0.4 is 19.3 Å². The van der Waals surface area contributed by atoms with Gasteiger partial charge < -0.3 is 33.8 Å². The Morgan fingerprint density at radius 2 is 1.22 bits per heavy atom. The van der Waals surface area contributed by atoms with Crippen molar-refractivity contribution in [3.05, 3.63) is 107 Å². The van der Waals surface area contributed by atoms with Crippen molar-refractivity contribution in [1.82, 2.24) is 14.5 Å². The van der Waals surface area contributed by atoms with Crippen molar-refractivity contribution in [1.29, 1.82) is 0 Å². The van der Waals surface area contributed by atoms with Crippen LogP contribution in [0, 0.1) is 6.92 Å². The summed E-state index contributed by atoms with van der Waals surface area (Å²) < 4.78 is 37.3. The van der Waals surface area contributed by atoms with Crippen molar-refractivity contribution < 1.29 is 18.1 Å². The number of rotatable bonds is 7. The highest BCUT2D eigenvalue weighted by atomic mass is 79.9. The summed E-state index contributed by atoms with van der Waals surface area (Å²) in [7, 11) is -4.64. The molecule has 0 unspecified atom stereocenters. The summed E-state index contributed by atoms with van der Waals surface area (Å²) in [6.07, 6.45) is 4.70. The number of aromatic amines is 2. The smallest absolute Gasteiger partial charge is 0.397 e. The zero-order valence-corrected chi connectivity index (χ0v) is 31.2. The number of halogens is 6. The van der Waals surface area contributed by atoms with Gasteiger partial charge in [0.15, 0.2) is 17.2 Å². The van der Waals surface area contributed by atoms with Crippen LogP contribution >= 0.6 is 90.4 Å². The highest BCUT2D eigenvalue weighted by molar-refractivity contribution is 9.11. The molecule has 0 bridgehead atoms. The Balaban J connectivity index is 1.43. The summed E-state index contributed by atoms with van der Waals surface area (Å²) in [5, 5.41) is 2.40. The number of aromatic nitrogens is 3. The standard InChI is InChI=1S/C31H19Br3Cl3N4O4P/c1-14-2-6-18(38)22(10-14)41-13-25(28-21(41)9-5-17(34)31(28)37)45-46(42,43-23-11-39-19-7-3-15(32)29(35)26(19)23)44-24-12-40-20-8-4-16(33)30(36)27(20)24/h2-13,39-40H,38H2,1H3. The number of hydrogen-bond acceptors (Lipinski definition) is 5. The Morgan fingerprint density at radius 1 is 0.717 bits per heavy atom. The number of phosphoric ester groups is 1. The predicted octanol–water partition coefficient (Wildman–Crippen LogP) is 12.4. The number of benzene rings is 4. The van der Waals surface area contributed by atoms with Gasteiger partial charge >= 0.3 is 7.82 Å². The quantitative estimate of drug-likeness (QED) is 0.109. The maximum atomic E-state index is 15.0. The van der Waals surface area contributed by atoms with Crippen LogP contribution in [-0.4, -0.2) is 14.5 Å². The van der Waals surface area contributed by atoms with E-state index in [1.165, 1.54) is 12.4 Å². The van der Waals surface area contributed by atoms with Gasteiger partial charge in [0.2, 0.25) is 0 Å². The average Bonchev–Trinajstić information content (AvgIpc) is 3.72. The van der Waals surface area contributed by atoms with E-state index in [0.29, 0.717) is 72.6 Å². The third-order valence-electron chi connectivity index (χ3n) is 7.30. The zero-order chi connectivity index (χ0) is 32.5. The molecule has 0 aliphatic carbocycles. The Morgan fingerprint density at radius 3 is 1.78 bits per heavy atom. The predicted molar refractivity (Wildman–Crippen MR) is 197 cm³/mol. The van der Waals surface area contributed by atoms with Crippen molar-refractivity contribution in [2.75, 3.05) is 5.73 Å². The molecule has 0 saturated carbocycles. The number of hydrogen-bond donors (Lipinski definition) is 3. The molecule has 0 aliphatic heterocycles. The molecule has 0 amide bonds. The first-order valence-electron chi connectivity index (χ1n) is 13.4. The van der Waals surface area contributed by atoms with Gasteiger partial charge in [-0.25, -0.2) is 0 Å². The summed E-state index contributed by atoms with van der Waals surface area (Å²) >= 11 is 30.6.